The molecule has 0 saturated heterocycles. The Morgan fingerprint density at radius 3 is 3.09 bits per heavy atom. The summed E-state index contributed by atoms with van der Waals surface area (Å²) < 4.78 is 0. The van der Waals surface area contributed by atoms with Crippen LogP contribution in [0.25, 0.3) is 6.08 Å². The van der Waals surface area contributed by atoms with Crippen molar-refractivity contribution >= 4 is 23.5 Å². The van der Waals surface area contributed by atoms with Crippen molar-refractivity contribution < 1.29 is 0 Å². The highest BCUT2D eigenvalue weighted by Gasteiger charge is 2.06. The lowest BCUT2D eigenvalue weighted by Gasteiger charge is -2.11. The van der Waals surface area contributed by atoms with Gasteiger partial charge in [0.2, 0.25) is 0 Å². The molecule has 56 valence electrons. The van der Waals surface area contributed by atoms with Gasteiger partial charge in [-0.1, -0.05) is 24.3 Å². The van der Waals surface area contributed by atoms with E-state index in [9.17, 15) is 0 Å². The first-order valence-electron chi connectivity index (χ1n) is 3.56. The Kier molecular flexibility index (Phi) is 1.62. The Balaban J connectivity index is 2.60. The van der Waals surface area contributed by atoms with E-state index in [-0.39, 0.29) is 0 Å². The molecular formula is C9H9NS. The van der Waals surface area contributed by atoms with Gasteiger partial charge < -0.3 is 5.73 Å². The molecule has 0 fully saturated rings. The number of rotatable bonds is 0. The van der Waals surface area contributed by atoms with Crippen LogP contribution in [0.5, 0.6) is 0 Å². The monoisotopic (exact) mass is 163 g/mol. The maximum absolute atomic E-state index is 5.79. The van der Waals surface area contributed by atoms with Crippen molar-refractivity contribution in [3.05, 3.63) is 29.8 Å². The summed E-state index contributed by atoms with van der Waals surface area (Å²) in [6.45, 7) is 0. The van der Waals surface area contributed by atoms with E-state index in [0.29, 0.717) is 0 Å². The molecule has 0 bridgehead atoms. The Labute approximate surface area is 70.3 Å². The van der Waals surface area contributed by atoms with E-state index in [1.54, 1.807) is 11.8 Å². The molecule has 0 radical (unpaired) electrons. The minimum absolute atomic E-state index is 0.900. The maximum Gasteiger partial charge on any atom is 0.0458 e. The number of benzene rings is 1. The zero-order valence-electron chi connectivity index (χ0n) is 6.08. The van der Waals surface area contributed by atoms with E-state index >= 15 is 0 Å². The lowest BCUT2D eigenvalue weighted by Crippen LogP contribution is -1.93. The topological polar surface area (TPSA) is 26.0 Å². The van der Waals surface area contributed by atoms with E-state index in [2.05, 4.69) is 18.2 Å². The van der Waals surface area contributed by atoms with Crippen molar-refractivity contribution in [2.45, 2.75) is 4.90 Å². The van der Waals surface area contributed by atoms with Gasteiger partial charge in [0, 0.05) is 16.3 Å². The number of anilines is 1. The van der Waals surface area contributed by atoms with Gasteiger partial charge in [-0.3, -0.25) is 0 Å². The second-order valence-corrected chi connectivity index (χ2v) is 3.51. The first-order chi connectivity index (χ1) is 5.38. The summed E-state index contributed by atoms with van der Waals surface area (Å²) in [4.78, 5) is 1.23. The number of hydrogen-bond acceptors (Lipinski definition) is 2. The van der Waals surface area contributed by atoms with Gasteiger partial charge in [-0.05, 0) is 11.6 Å². The van der Waals surface area contributed by atoms with Crippen molar-refractivity contribution in [2.24, 2.45) is 0 Å². The second kappa shape index (κ2) is 2.62. The Hall–Kier alpha value is -0.890. The number of thioether (sulfide) groups is 1. The van der Waals surface area contributed by atoms with Gasteiger partial charge >= 0.3 is 0 Å². The van der Waals surface area contributed by atoms with E-state index < -0.39 is 0 Å². The van der Waals surface area contributed by atoms with Crippen molar-refractivity contribution in [2.75, 3.05) is 11.5 Å². The van der Waals surface area contributed by atoms with Gasteiger partial charge in [-0.25, -0.2) is 0 Å². The summed E-state index contributed by atoms with van der Waals surface area (Å²) in [7, 11) is 0. The molecule has 11 heavy (non-hydrogen) atoms. The highest BCUT2D eigenvalue weighted by Crippen LogP contribution is 2.32. The predicted octanol–water partition coefficient (Wildman–Crippen LogP) is 2.39. The number of fused-ring (bicyclic) bond motifs is 1. The highest BCUT2D eigenvalue weighted by atomic mass is 32.2. The molecule has 1 aliphatic heterocycles. The minimum atomic E-state index is 0.900. The molecule has 0 aliphatic carbocycles. The van der Waals surface area contributed by atoms with Gasteiger partial charge in [-0.15, -0.1) is 11.8 Å². The van der Waals surface area contributed by atoms with Gasteiger partial charge in [0.05, 0.1) is 0 Å². The molecule has 1 aromatic rings. The fourth-order valence-electron chi connectivity index (χ4n) is 1.18. The molecule has 0 saturated carbocycles. The first kappa shape index (κ1) is 6.80. The van der Waals surface area contributed by atoms with Crippen LogP contribution in [0.4, 0.5) is 5.69 Å². The van der Waals surface area contributed by atoms with Crippen molar-refractivity contribution in [1.82, 2.24) is 0 Å². The van der Waals surface area contributed by atoms with E-state index in [0.717, 1.165) is 11.4 Å². The average Bonchev–Trinajstić information content (AvgIpc) is 2.06. The molecule has 1 aromatic carbocycles. The summed E-state index contributed by atoms with van der Waals surface area (Å²) in [6, 6.07) is 6.03. The van der Waals surface area contributed by atoms with Crippen LogP contribution in [-0.2, 0) is 0 Å². The lowest BCUT2D eigenvalue weighted by atomic mass is 10.2. The summed E-state index contributed by atoms with van der Waals surface area (Å²) in [5, 5.41) is 0. The largest absolute Gasteiger partial charge is 0.398 e. The van der Waals surface area contributed by atoms with Crippen LogP contribution in [-0.4, -0.2) is 5.75 Å². The molecule has 2 heteroatoms. The van der Waals surface area contributed by atoms with Crippen molar-refractivity contribution in [3.8, 4) is 0 Å². The molecule has 2 N–H and O–H groups in total. The Bertz CT molecular complexity index is 304. The van der Waals surface area contributed by atoms with Gasteiger partial charge in [-0.2, -0.15) is 0 Å². The minimum Gasteiger partial charge on any atom is -0.398 e. The van der Waals surface area contributed by atoms with Crippen LogP contribution in [0.1, 0.15) is 5.56 Å². The zero-order valence-corrected chi connectivity index (χ0v) is 6.90. The smallest absolute Gasteiger partial charge is 0.0458 e. The van der Waals surface area contributed by atoms with Crippen LogP contribution in [0.15, 0.2) is 29.2 Å². The number of hydrogen-bond donors (Lipinski definition) is 1. The van der Waals surface area contributed by atoms with E-state index in [4.69, 9.17) is 5.73 Å². The Morgan fingerprint density at radius 1 is 1.36 bits per heavy atom. The molecule has 0 atom stereocenters. The van der Waals surface area contributed by atoms with Crippen LogP contribution >= 0.6 is 11.8 Å². The molecule has 1 aliphatic rings. The molecule has 0 unspecified atom stereocenters. The van der Waals surface area contributed by atoms with Gasteiger partial charge in [0.15, 0.2) is 0 Å². The molecule has 2 rings (SSSR count). The Morgan fingerprint density at radius 2 is 2.27 bits per heavy atom. The molecular weight excluding hydrogens is 154 g/mol. The fraction of sp³-hybridized carbons (Fsp3) is 0.111. The second-order valence-electron chi connectivity index (χ2n) is 2.48. The highest BCUT2D eigenvalue weighted by molar-refractivity contribution is 7.99. The van der Waals surface area contributed by atoms with E-state index in [1.165, 1.54) is 10.5 Å². The average molecular weight is 163 g/mol. The predicted molar refractivity (Wildman–Crippen MR) is 50.6 cm³/mol. The molecule has 1 heterocycles. The third-order valence-corrected chi connectivity index (χ3v) is 2.82. The van der Waals surface area contributed by atoms with Gasteiger partial charge in [0.25, 0.3) is 0 Å². The summed E-state index contributed by atoms with van der Waals surface area (Å²) in [5.74, 6) is 1.04. The molecule has 0 spiro atoms. The third kappa shape index (κ3) is 1.14. The van der Waals surface area contributed by atoms with Crippen LogP contribution in [0, 0.1) is 0 Å². The standard InChI is InChI=1S/C9H9NS/c10-8-5-1-3-7-4-2-6-11-9(7)8/h1-5H,6,10H2. The fourth-order valence-corrected chi connectivity index (χ4v) is 2.07. The van der Waals surface area contributed by atoms with E-state index in [1.807, 2.05) is 12.1 Å². The zero-order chi connectivity index (χ0) is 7.68. The normalized spacial score (nSPS) is 14.5. The quantitative estimate of drug-likeness (QED) is 0.594. The van der Waals surface area contributed by atoms with Crippen molar-refractivity contribution in [1.29, 1.82) is 0 Å². The van der Waals surface area contributed by atoms with Crippen LogP contribution in [0.3, 0.4) is 0 Å². The third-order valence-electron chi connectivity index (χ3n) is 1.70. The molecule has 0 amide bonds. The first-order valence-corrected chi connectivity index (χ1v) is 4.54. The van der Waals surface area contributed by atoms with Gasteiger partial charge in [0.1, 0.15) is 0 Å². The summed E-state index contributed by atoms with van der Waals surface area (Å²) >= 11 is 1.80. The van der Waals surface area contributed by atoms with Crippen LogP contribution < -0.4 is 5.73 Å². The van der Waals surface area contributed by atoms with Crippen molar-refractivity contribution in [3.63, 3.8) is 0 Å². The number of nitrogen functional groups attached to an aromatic ring is 1. The summed E-state index contributed by atoms with van der Waals surface area (Å²) in [6.07, 6.45) is 4.29. The number of nitrogens with two attached hydrogens (primary N) is 1. The SMILES string of the molecule is Nc1cccc2c1SCC=C2. The maximum atomic E-state index is 5.79. The molecule has 1 nitrogen and oxygen atoms in total. The molecule has 0 aromatic heterocycles. The van der Waals surface area contributed by atoms with Crippen LogP contribution in [0.2, 0.25) is 0 Å². The lowest BCUT2D eigenvalue weighted by molar-refractivity contribution is 1.40. The summed E-state index contributed by atoms with van der Waals surface area (Å²) in [5.41, 5.74) is 7.94.